The largest absolute Gasteiger partial charge is 0.497 e. The van der Waals surface area contributed by atoms with Gasteiger partial charge in [0.1, 0.15) is 18.3 Å². The molecule has 0 saturated heterocycles. The van der Waals surface area contributed by atoms with Gasteiger partial charge in [-0.3, -0.25) is 13.9 Å². The summed E-state index contributed by atoms with van der Waals surface area (Å²) in [6.45, 7) is 5.08. The van der Waals surface area contributed by atoms with Crippen molar-refractivity contribution in [1.29, 1.82) is 0 Å². The van der Waals surface area contributed by atoms with Crippen LogP contribution in [0.3, 0.4) is 0 Å². The highest BCUT2D eigenvalue weighted by Gasteiger charge is 2.35. The summed E-state index contributed by atoms with van der Waals surface area (Å²) in [6, 6.07) is 28.1. The molecule has 0 spiro atoms. The lowest BCUT2D eigenvalue weighted by Crippen LogP contribution is -2.56. The molecule has 0 fully saturated rings. The van der Waals surface area contributed by atoms with Gasteiger partial charge in [-0.15, -0.1) is 0 Å². The molecule has 4 aromatic rings. The number of halogens is 2. The minimum absolute atomic E-state index is 0.0353. The van der Waals surface area contributed by atoms with Crippen LogP contribution in [0, 0.1) is 0 Å². The van der Waals surface area contributed by atoms with Gasteiger partial charge in [-0.2, -0.15) is 0 Å². The number of rotatable bonds is 12. The molecule has 0 aliphatic rings. The first-order valence-electron chi connectivity index (χ1n) is 14.6. The third-order valence-corrected chi connectivity index (χ3v) is 9.61. The van der Waals surface area contributed by atoms with Crippen LogP contribution in [0.15, 0.2) is 112 Å². The van der Waals surface area contributed by atoms with Gasteiger partial charge in [-0.25, -0.2) is 8.42 Å². The van der Waals surface area contributed by atoms with Gasteiger partial charge < -0.3 is 15.0 Å². The number of benzene rings is 4. The van der Waals surface area contributed by atoms with Gasteiger partial charge in [-0.1, -0.05) is 76.1 Å². The Morgan fingerprint density at radius 3 is 2.13 bits per heavy atom. The maximum absolute atomic E-state index is 14.5. The topological polar surface area (TPSA) is 96.0 Å². The predicted molar refractivity (Wildman–Crippen MR) is 185 cm³/mol. The molecule has 0 heterocycles. The van der Waals surface area contributed by atoms with Gasteiger partial charge in [0.2, 0.25) is 11.8 Å². The average Bonchev–Trinajstić information content (AvgIpc) is 3.02. The van der Waals surface area contributed by atoms with Crippen molar-refractivity contribution >= 4 is 55.1 Å². The van der Waals surface area contributed by atoms with Crippen LogP contribution < -0.4 is 14.4 Å². The van der Waals surface area contributed by atoms with Gasteiger partial charge in [0, 0.05) is 28.0 Å². The van der Waals surface area contributed by atoms with E-state index < -0.39 is 34.1 Å². The predicted octanol–water partition coefficient (Wildman–Crippen LogP) is 6.86. The maximum Gasteiger partial charge on any atom is 0.264 e. The summed E-state index contributed by atoms with van der Waals surface area (Å²) >= 11 is 9.75. The minimum Gasteiger partial charge on any atom is -0.497 e. The van der Waals surface area contributed by atoms with Crippen molar-refractivity contribution < 1.29 is 22.7 Å². The van der Waals surface area contributed by atoms with E-state index in [1.165, 1.54) is 42.3 Å². The second kappa shape index (κ2) is 15.2. The van der Waals surface area contributed by atoms with Crippen molar-refractivity contribution in [2.45, 2.75) is 50.2 Å². The highest BCUT2D eigenvalue weighted by atomic mass is 79.9. The summed E-state index contributed by atoms with van der Waals surface area (Å²) in [6.07, 6.45) is 0.216. The molecule has 2 amide bonds. The Balaban J connectivity index is 1.81. The summed E-state index contributed by atoms with van der Waals surface area (Å²) in [4.78, 5) is 29.9. The zero-order valence-electron chi connectivity index (χ0n) is 26.1. The number of sulfonamides is 1. The van der Waals surface area contributed by atoms with E-state index >= 15 is 0 Å². The number of ether oxygens (including phenoxy) is 1. The molecular formula is C35H37BrClN3O5S. The number of anilines is 1. The second-order valence-electron chi connectivity index (χ2n) is 11.8. The SMILES string of the molecule is COc1ccc(S(=O)(=O)N(CC(=O)N(Cc2ccc(Br)cc2)[C@H](Cc2ccccc2)C(=O)NC(C)(C)C)c2cccc(Cl)c2)cc1. The average molecular weight is 727 g/mol. The van der Waals surface area contributed by atoms with E-state index in [1.807, 2.05) is 75.4 Å². The Morgan fingerprint density at radius 2 is 1.54 bits per heavy atom. The standard InChI is InChI=1S/C35H37BrClN3O5S/c1-35(2,3)38-34(42)32(21-25-9-6-5-7-10-25)39(23-26-13-15-27(36)16-14-26)33(41)24-40(29-12-8-11-28(37)22-29)46(43,44)31-19-17-30(45-4)18-20-31/h5-20,22,32H,21,23-24H2,1-4H3,(H,38,42)/t32-/m1/s1. The van der Waals surface area contributed by atoms with Gasteiger partial charge in [-0.05, 0) is 86.5 Å². The summed E-state index contributed by atoms with van der Waals surface area (Å²) in [5.41, 5.74) is 1.25. The molecule has 242 valence electrons. The molecule has 1 N–H and O–H groups in total. The van der Waals surface area contributed by atoms with Gasteiger partial charge >= 0.3 is 0 Å². The van der Waals surface area contributed by atoms with Crippen LogP contribution in [-0.4, -0.2) is 50.4 Å². The lowest BCUT2D eigenvalue weighted by Gasteiger charge is -2.35. The van der Waals surface area contributed by atoms with Crippen molar-refractivity contribution in [2.75, 3.05) is 18.0 Å². The van der Waals surface area contributed by atoms with Gasteiger partial charge in [0.15, 0.2) is 0 Å². The van der Waals surface area contributed by atoms with E-state index in [9.17, 15) is 18.0 Å². The molecule has 0 aliphatic heterocycles. The van der Waals surface area contributed by atoms with E-state index in [4.69, 9.17) is 16.3 Å². The van der Waals surface area contributed by atoms with Crippen molar-refractivity contribution in [3.63, 3.8) is 0 Å². The quantitative estimate of drug-likeness (QED) is 0.172. The number of hydrogen-bond acceptors (Lipinski definition) is 5. The molecule has 46 heavy (non-hydrogen) atoms. The van der Waals surface area contributed by atoms with Crippen LogP contribution in [-0.2, 0) is 32.6 Å². The monoisotopic (exact) mass is 725 g/mol. The zero-order valence-corrected chi connectivity index (χ0v) is 29.3. The zero-order chi connectivity index (χ0) is 33.5. The van der Waals surface area contributed by atoms with E-state index in [1.54, 1.807) is 18.2 Å². The number of amides is 2. The van der Waals surface area contributed by atoms with Gasteiger partial charge in [0.05, 0.1) is 17.7 Å². The van der Waals surface area contributed by atoms with Crippen LogP contribution in [0.25, 0.3) is 0 Å². The Kier molecular flexibility index (Phi) is 11.5. The van der Waals surface area contributed by atoms with Crippen LogP contribution in [0.4, 0.5) is 5.69 Å². The Labute approximate surface area is 284 Å². The van der Waals surface area contributed by atoms with Crippen molar-refractivity contribution in [2.24, 2.45) is 0 Å². The lowest BCUT2D eigenvalue weighted by molar-refractivity contribution is -0.140. The first-order valence-corrected chi connectivity index (χ1v) is 17.2. The summed E-state index contributed by atoms with van der Waals surface area (Å²) in [5.74, 6) is -0.433. The molecule has 0 aromatic heterocycles. The number of hydrogen-bond donors (Lipinski definition) is 1. The van der Waals surface area contributed by atoms with E-state index in [-0.39, 0.29) is 29.5 Å². The fourth-order valence-electron chi connectivity index (χ4n) is 4.83. The van der Waals surface area contributed by atoms with E-state index in [0.717, 1.165) is 19.9 Å². The number of nitrogens with zero attached hydrogens (tertiary/aromatic N) is 2. The smallest absolute Gasteiger partial charge is 0.264 e. The molecule has 4 aromatic carbocycles. The minimum atomic E-state index is -4.27. The van der Waals surface area contributed by atoms with Crippen molar-refractivity contribution in [1.82, 2.24) is 10.2 Å². The molecule has 0 radical (unpaired) electrons. The van der Waals surface area contributed by atoms with Crippen LogP contribution >= 0.6 is 27.5 Å². The third-order valence-electron chi connectivity index (χ3n) is 7.06. The second-order valence-corrected chi connectivity index (χ2v) is 15.0. The van der Waals surface area contributed by atoms with Crippen molar-refractivity contribution in [3.05, 3.63) is 124 Å². The normalized spacial score (nSPS) is 12.2. The molecule has 1 atom stereocenters. The molecule has 0 aliphatic carbocycles. The Morgan fingerprint density at radius 1 is 0.891 bits per heavy atom. The van der Waals surface area contributed by atoms with E-state index in [2.05, 4.69) is 21.2 Å². The van der Waals surface area contributed by atoms with E-state index in [0.29, 0.717) is 10.8 Å². The summed E-state index contributed by atoms with van der Waals surface area (Å²) in [7, 11) is -2.78. The fourth-order valence-corrected chi connectivity index (χ4v) is 6.68. The molecular weight excluding hydrogens is 690 g/mol. The first kappa shape index (κ1) is 35.0. The maximum atomic E-state index is 14.5. The van der Waals surface area contributed by atoms with Gasteiger partial charge in [0.25, 0.3) is 10.0 Å². The van der Waals surface area contributed by atoms with Crippen molar-refractivity contribution in [3.8, 4) is 5.75 Å². The molecule has 0 unspecified atom stereocenters. The first-order chi connectivity index (χ1) is 21.8. The molecule has 4 rings (SSSR count). The number of carbonyl (C=O) groups is 2. The Hall–Kier alpha value is -3.86. The lowest BCUT2D eigenvalue weighted by atomic mass is 10.0. The third kappa shape index (κ3) is 9.34. The number of methoxy groups -OCH3 is 1. The number of nitrogens with one attached hydrogen (secondary N) is 1. The highest BCUT2D eigenvalue weighted by molar-refractivity contribution is 9.10. The highest BCUT2D eigenvalue weighted by Crippen LogP contribution is 2.28. The number of carbonyl (C=O) groups excluding carboxylic acids is 2. The molecule has 0 saturated carbocycles. The molecule has 8 nitrogen and oxygen atoms in total. The van der Waals surface area contributed by atoms with Crippen LogP contribution in [0.5, 0.6) is 5.75 Å². The summed E-state index contributed by atoms with van der Waals surface area (Å²) in [5, 5.41) is 3.33. The Bertz CT molecular complexity index is 1750. The summed E-state index contributed by atoms with van der Waals surface area (Å²) < 4.78 is 35.4. The van der Waals surface area contributed by atoms with Crippen LogP contribution in [0.2, 0.25) is 5.02 Å². The fraction of sp³-hybridized carbons (Fsp3) is 0.257. The molecule has 11 heteroatoms. The molecule has 0 bridgehead atoms. The van der Waals surface area contributed by atoms with Crippen LogP contribution in [0.1, 0.15) is 31.9 Å².